The van der Waals surface area contributed by atoms with Crippen molar-refractivity contribution in [2.24, 2.45) is 7.05 Å². The molecule has 2 heterocycles. The normalized spacial score (nSPS) is 13.0. The Kier molecular flexibility index (Phi) is 7.56. The summed E-state index contributed by atoms with van der Waals surface area (Å²) in [5, 5.41) is 1.66. The molecule has 9 nitrogen and oxygen atoms in total. The van der Waals surface area contributed by atoms with Crippen molar-refractivity contribution < 1.29 is 22.8 Å². The topological polar surface area (TPSA) is 118 Å². The molecule has 0 saturated carbocycles. The van der Waals surface area contributed by atoms with Crippen LogP contribution in [0.3, 0.4) is 0 Å². The molecule has 0 radical (unpaired) electrons. The molecule has 6 rings (SSSR count). The summed E-state index contributed by atoms with van der Waals surface area (Å²) in [7, 11) is -2.58. The molecule has 2 amide bonds. The van der Waals surface area contributed by atoms with Crippen LogP contribution in [-0.2, 0) is 30.0 Å². The van der Waals surface area contributed by atoms with Crippen LogP contribution in [0.25, 0.3) is 22.0 Å². The van der Waals surface area contributed by atoms with E-state index in [1.54, 1.807) is 46.8 Å². The van der Waals surface area contributed by atoms with Crippen LogP contribution in [0.1, 0.15) is 49.3 Å². The van der Waals surface area contributed by atoms with Crippen molar-refractivity contribution in [1.29, 1.82) is 0 Å². The lowest BCUT2D eigenvalue weighted by atomic mass is 9.95. The molecule has 0 aliphatic carbocycles. The fraction of sp³-hybridized carbons (Fsp3) is 0.152. The first-order chi connectivity index (χ1) is 21.0. The van der Waals surface area contributed by atoms with Gasteiger partial charge in [0.1, 0.15) is 5.69 Å². The van der Waals surface area contributed by atoms with Gasteiger partial charge < -0.3 is 9.47 Å². The third-order valence-corrected chi connectivity index (χ3v) is 9.45. The highest BCUT2D eigenvalue weighted by atomic mass is 35.5. The first-order valence-electron chi connectivity index (χ1n) is 13.8. The van der Waals surface area contributed by atoms with E-state index < -0.39 is 15.9 Å². The lowest BCUT2D eigenvalue weighted by Crippen LogP contribution is -2.36. The van der Waals surface area contributed by atoms with Gasteiger partial charge >= 0.3 is 0 Å². The number of nitrogens with one attached hydrogen (secondary N) is 1. The summed E-state index contributed by atoms with van der Waals surface area (Å²) in [5.74, 6) is -1.55. The number of hydrogen-bond donors (Lipinski definition) is 1. The molecule has 1 aliphatic heterocycles. The summed E-state index contributed by atoms with van der Waals surface area (Å²) in [6.07, 6.45) is 2.15. The van der Waals surface area contributed by atoms with Crippen molar-refractivity contribution in [2.75, 3.05) is 6.54 Å². The SMILES string of the molecule is CC(=O)c1ncn(C)c1-c1ccc(C(=O)NS(=O)(=O)c2ccc3cccc(Cl)c3c2)cc1C(=O)N1CCc2ccccc2C1. The number of Topliss-reactive ketones (excluding diaryl/α,β-unsaturated/α-hetero) is 1. The van der Waals surface area contributed by atoms with Gasteiger partial charge in [0.25, 0.3) is 21.8 Å². The van der Waals surface area contributed by atoms with Crippen molar-refractivity contribution in [3.63, 3.8) is 0 Å². The molecule has 1 N–H and O–H groups in total. The Morgan fingerprint density at radius 1 is 0.932 bits per heavy atom. The fourth-order valence-corrected chi connectivity index (χ4v) is 6.77. The molecule has 44 heavy (non-hydrogen) atoms. The van der Waals surface area contributed by atoms with Crippen LogP contribution < -0.4 is 4.72 Å². The Labute approximate surface area is 259 Å². The third kappa shape index (κ3) is 5.38. The van der Waals surface area contributed by atoms with Gasteiger partial charge in [-0.1, -0.05) is 60.1 Å². The van der Waals surface area contributed by atoms with Gasteiger partial charge in [-0.15, -0.1) is 0 Å². The molecule has 0 fully saturated rings. The van der Waals surface area contributed by atoms with Crippen LogP contribution >= 0.6 is 11.6 Å². The second-order valence-electron chi connectivity index (χ2n) is 10.7. The lowest BCUT2D eigenvalue weighted by Gasteiger charge is -2.29. The van der Waals surface area contributed by atoms with Crippen LogP contribution in [-0.4, -0.2) is 47.0 Å². The van der Waals surface area contributed by atoms with E-state index in [-0.39, 0.29) is 33.4 Å². The maximum atomic E-state index is 14.1. The van der Waals surface area contributed by atoms with Crippen molar-refractivity contribution in [3.8, 4) is 11.3 Å². The van der Waals surface area contributed by atoms with Gasteiger partial charge in [-0.2, -0.15) is 0 Å². The van der Waals surface area contributed by atoms with E-state index in [0.29, 0.717) is 41.2 Å². The zero-order valence-electron chi connectivity index (χ0n) is 23.9. The van der Waals surface area contributed by atoms with E-state index in [2.05, 4.69) is 9.71 Å². The summed E-state index contributed by atoms with van der Waals surface area (Å²) in [5.41, 5.74) is 3.31. The van der Waals surface area contributed by atoms with Gasteiger partial charge in [-0.05, 0) is 53.3 Å². The molecule has 0 spiro atoms. The number of aromatic nitrogens is 2. The van der Waals surface area contributed by atoms with Crippen molar-refractivity contribution >= 4 is 50.0 Å². The minimum absolute atomic E-state index is 0.0385. The van der Waals surface area contributed by atoms with E-state index in [0.717, 1.165) is 16.5 Å². The van der Waals surface area contributed by atoms with Gasteiger partial charge in [0.05, 0.1) is 16.9 Å². The van der Waals surface area contributed by atoms with E-state index in [4.69, 9.17) is 11.6 Å². The number of carbonyl (C=O) groups is 3. The summed E-state index contributed by atoms with van der Waals surface area (Å²) in [4.78, 5) is 45.7. The average molecular weight is 627 g/mol. The zero-order valence-corrected chi connectivity index (χ0v) is 25.4. The minimum atomic E-state index is -4.29. The van der Waals surface area contributed by atoms with E-state index in [1.165, 1.54) is 37.5 Å². The van der Waals surface area contributed by atoms with Crippen LogP contribution in [0, 0.1) is 0 Å². The number of benzene rings is 4. The number of fused-ring (bicyclic) bond motifs is 2. The number of imidazole rings is 1. The molecule has 0 unspecified atom stereocenters. The molecular formula is C33H27ClN4O5S. The summed E-state index contributed by atoms with van der Waals surface area (Å²) in [6, 6.07) is 21.9. The average Bonchev–Trinajstić information content (AvgIpc) is 3.41. The number of nitrogens with zero attached hydrogens (tertiary/aromatic N) is 3. The fourth-order valence-electron chi connectivity index (χ4n) is 5.53. The third-order valence-electron chi connectivity index (χ3n) is 7.79. The van der Waals surface area contributed by atoms with Gasteiger partial charge in [-0.25, -0.2) is 18.1 Å². The Hall–Kier alpha value is -4.80. The molecular weight excluding hydrogens is 600 g/mol. The smallest absolute Gasteiger partial charge is 0.265 e. The quantitative estimate of drug-likeness (QED) is 0.252. The number of carbonyl (C=O) groups excluding carboxylic acids is 3. The number of sulfonamides is 1. The number of amides is 2. The van der Waals surface area contributed by atoms with Crippen LogP contribution in [0.2, 0.25) is 5.02 Å². The number of ketones is 1. The maximum absolute atomic E-state index is 14.1. The Morgan fingerprint density at radius 2 is 1.70 bits per heavy atom. The van der Waals surface area contributed by atoms with E-state index in [9.17, 15) is 22.8 Å². The lowest BCUT2D eigenvalue weighted by molar-refractivity contribution is 0.0735. The van der Waals surface area contributed by atoms with Crippen molar-refractivity contribution in [1.82, 2.24) is 19.2 Å². The van der Waals surface area contributed by atoms with Crippen LogP contribution in [0.5, 0.6) is 0 Å². The molecule has 0 atom stereocenters. The molecule has 1 aromatic heterocycles. The number of aryl methyl sites for hydroxylation is 1. The maximum Gasteiger partial charge on any atom is 0.265 e. The Balaban J connectivity index is 1.38. The summed E-state index contributed by atoms with van der Waals surface area (Å²) in [6.45, 7) is 2.21. The van der Waals surface area contributed by atoms with Gasteiger partial charge in [0, 0.05) is 54.2 Å². The first-order valence-corrected chi connectivity index (χ1v) is 15.7. The van der Waals surface area contributed by atoms with Gasteiger partial charge in [0.15, 0.2) is 5.78 Å². The molecule has 4 aromatic carbocycles. The minimum Gasteiger partial charge on any atom is -0.334 e. The second kappa shape index (κ2) is 11.4. The van der Waals surface area contributed by atoms with Crippen LogP contribution in [0.15, 0.2) is 90.1 Å². The van der Waals surface area contributed by atoms with Crippen molar-refractivity contribution in [2.45, 2.75) is 24.8 Å². The molecule has 5 aromatic rings. The number of halogens is 1. The number of hydrogen-bond acceptors (Lipinski definition) is 6. The summed E-state index contributed by atoms with van der Waals surface area (Å²) < 4.78 is 30.3. The van der Waals surface area contributed by atoms with Gasteiger partial charge in [0.2, 0.25) is 0 Å². The molecule has 0 bridgehead atoms. The predicted octanol–water partition coefficient (Wildman–Crippen LogP) is 5.41. The molecule has 1 aliphatic rings. The monoisotopic (exact) mass is 626 g/mol. The zero-order chi connectivity index (χ0) is 31.2. The Bertz CT molecular complexity index is 2100. The molecule has 11 heteroatoms. The molecule has 222 valence electrons. The van der Waals surface area contributed by atoms with E-state index in [1.807, 2.05) is 24.3 Å². The predicted molar refractivity (Wildman–Crippen MR) is 167 cm³/mol. The first kappa shape index (κ1) is 29.3. The number of rotatable bonds is 6. The van der Waals surface area contributed by atoms with Crippen molar-refractivity contribution in [3.05, 3.63) is 118 Å². The highest BCUT2D eigenvalue weighted by molar-refractivity contribution is 7.90. The Morgan fingerprint density at radius 3 is 2.48 bits per heavy atom. The standard InChI is InChI=1S/C33H27ClN4O5S/c1-20(39)30-31(37(2)19-35-30)26-13-11-23(16-28(26)33(41)38-15-14-21-6-3-4-7-24(21)18-38)32(40)36-44(42,43)25-12-10-22-8-5-9-29(34)27(22)17-25/h3-13,16-17,19H,14-15,18H2,1-2H3,(H,36,40). The second-order valence-corrected chi connectivity index (χ2v) is 12.8. The summed E-state index contributed by atoms with van der Waals surface area (Å²) >= 11 is 6.27. The van der Waals surface area contributed by atoms with Gasteiger partial charge in [-0.3, -0.25) is 14.4 Å². The van der Waals surface area contributed by atoms with Crippen LogP contribution in [0.4, 0.5) is 0 Å². The highest BCUT2D eigenvalue weighted by Crippen LogP contribution is 2.31. The largest absolute Gasteiger partial charge is 0.334 e. The molecule has 0 saturated heterocycles. The van der Waals surface area contributed by atoms with E-state index >= 15 is 0 Å². The highest BCUT2D eigenvalue weighted by Gasteiger charge is 2.28.